The maximum Gasteiger partial charge on any atom is 0.253 e. The largest absolute Gasteiger partial charge is 0.339 e. The van der Waals surface area contributed by atoms with Crippen LogP contribution in [0.4, 0.5) is 13.2 Å². The lowest BCUT2D eigenvalue weighted by Crippen LogP contribution is -2.39. The molecule has 1 amide bonds. The highest BCUT2D eigenvalue weighted by Gasteiger charge is 2.29. The average molecular weight is 387 g/mol. The number of nitrogens with zero attached hydrogens (tertiary/aromatic N) is 3. The third-order valence-corrected chi connectivity index (χ3v) is 4.77. The summed E-state index contributed by atoms with van der Waals surface area (Å²) >= 11 is 0. The van der Waals surface area contributed by atoms with Gasteiger partial charge in [0, 0.05) is 24.2 Å². The second-order valence-electron chi connectivity index (χ2n) is 6.68. The van der Waals surface area contributed by atoms with E-state index in [9.17, 15) is 18.0 Å². The molecule has 8 heteroatoms. The first-order chi connectivity index (χ1) is 13.5. The third kappa shape index (κ3) is 3.62. The first kappa shape index (κ1) is 18.2. The van der Waals surface area contributed by atoms with E-state index in [1.807, 2.05) is 0 Å². The maximum atomic E-state index is 13.4. The quantitative estimate of drug-likeness (QED) is 0.677. The van der Waals surface area contributed by atoms with Crippen LogP contribution in [0.25, 0.3) is 11.4 Å². The Hall–Kier alpha value is -3.16. The van der Waals surface area contributed by atoms with Gasteiger partial charge in [0.2, 0.25) is 11.7 Å². The van der Waals surface area contributed by atoms with Crippen LogP contribution in [-0.2, 0) is 0 Å². The molecule has 5 nitrogen and oxygen atoms in total. The molecule has 0 saturated carbocycles. The normalized spacial score (nSPS) is 17.0. The number of hydrogen-bond acceptors (Lipinski definition) is 4. The summed E-state index contributed by atoms with van der Waals surface area (Å²) in [6.45, 7) is 0.843. The van der Waals surface area contributed by atoms with Gasteiger partial charge < -0.3 is 9.42 Å². The van der Waals surface area contributed by atoms with E-state index in [0.717, 1.165) is 18.6 Å². The zero-order valence-corrected chi connectivity index (χ0v) is 14.7. The van der Waals surface area contributed by atoms with E-state index < -0.39 is 11.6 Å². The number of piperidine rings is 1. The Morgan fingerprint density at radius 1 is 1.07 bits per heavy atom. The zero-order valence-electron chi connectivity index (χ0n) is 14.7. The molecule has 4 rings (SSSR count). The van der Waals surface area contributed by atoms with E-state index in [4.69, 9.17) is 4.52 Å². The van der Waals surface area contributed by atoms with Crippen LogP contribution in [0.2, 0.25) is 0 Å². The molecule has 1 saturated heterocycles. The standard InChI is InChI=1S/C20H16F3N3O2/c21-15-6-3-12(4-7-15)18-24-19(28-25-18)14-2-1-9-26(11-14)20(27)13-5-8-16(22)17(23)10-13/h3-8,10,14H,1-2,9,11H2. The molecule has 1 fully saturated rings. The number of aromatic nitrogens is 2. The Morgan fingerprint density at radius 2 is 1.86 bits per heavy atom. The number of carbonyl (C=O) groups excluding carboxylic acids is 1. The molecular formula is C20H16F3N3O2. The van der Waals surface area contributed by atoms with Crippen molar-refractivity contribution in [2.24, 2.45) is 0 Å². The molecular weight excluding hydrogens is 371 g/mol. The molecule has 1 unspecified atom stereocenters. The Bertz CT molecular complexity index is 1000. The number of amides is 1. The van der Waals surface area contributed by atoms with Gasteiger partial charge in [-0.25, -0.2) is 13.2 Å². The summed E-state index contributed by atoms with van der Waals surface area (Å²) in [5.41, 5.74) is 0.721. The molecule has 0 N–H and O–H groups in total. The molecule has 0 radical (unpaired) electrons. The van der Waals surface area contributed by atoms with E-state index in [-0.39, 0.29) is 23.2 Å². The molecule has 144 valence electrons. The van der Waals surface area contributed by atoms with Crippen molar-refractivity contribution >= 4 is 5.91 Å². The highest BCUT2D eigenvalue weighted by atomic mass is 19.2. The van der Waals surface area contributed by atoms with Crippen LogP contribution in [-0.4, -0.2) is 34.0 Å². The van der Waals surface area contributed by atoms with Gasteiger partial charge >= 0.3 is 0 Å². The fourth-order valence-corrected chi connectivity index (χ4v) is 3.29. The molecule has 0 bridgehead atoms. The summed E-state index contributed by atoms with van der Waals surface area (Å²) in [6.07, 6.45) is 1.47. The number of hydrogen-bond donors (Lipinski definition) is 0. The predicted octanol–water partition coefficient (Wildman–Crippen LogP) is 4.17. The van der Waals surface area contributed by atoms with Crippen molar-refractivity contribution in [3.63, 3.8) is 0 Å². The summed E-state index contributed by atoms with van der Waals surface area (Å²) in [7, 11) is 0. The van der Waals surface area contributed by atoms with Gasteiger partial charge in [0.05, 0.1) is 5.92 Å². The summed E-state index contributed by atoms with van der Waals surface area (Å²) in [5, 5.41) is 3.94. The van der Waals surface area contributed by atoms with Gasteiger partial charge in [0.25, 0.3) is 5.91 Å². The van der Waals surface area contributed by atoms with Crippen LogP contribution in [0.5, 0.6) is 0 Å². The van der Waals surface area contributed by atoms with E-state index in [1.165, 1.54) is 18.2 Å². The fourth-order valence-electron chi connectivity index (χ4n) is 3.29. The van der Waals surface area contributed by atoms with Crippen LogP contribution in [0.3, 0.4) is 0 Å². The number of halogens is 3. The van der Waals surface area contributed by atoms with Crippen LogP contribution >= 0.6 is 0 Å². The number of benzene rings is 2. The molecule has 1 aromatic heterocycles. The number of carbonyl (C=O) groups is 1. The first-order valence-electron chi connectivity index (χ1n) is 8.85. The lowest BCUT2D eigenvalue weighted by atomic mass is 9.97. The molecule has 2 aromatic carbocycles. The van der Waals surface area contributed by atoms with Crippen molar-refractivity contribution in [2.45, 2.75) is 18.8 Å². The van der Waals surface area contributed by atoms with Gasteiger partial charge in [-0.05, 0) is 55.3 Å². The van der Waals surface area contributed by atoms with E-state index in [2.05, 4.69) is 10.1 Å². The topological polar surface area (TPSA) is 59.2 Å². The Balaban J connectivity index is 1.50. The van der Waals surface area contributed by atoms with Crippen LogP contribution < -0.4 is 0 Å². The summed E-state index contributed by atoms with van der Waals surface area (Å²) in [4.78, 5) is 18.6. The Kier molecular flexibility index (Phi) is 4.85. The monoisotopic (exact) mass is 387 g/mol. The third-order valence-electron chi connectivity index (χ3n) is 4.77. The van der Waals surface area contributed by atoms with Crippen molar-refractivity contribution in [1.82, 2.24) is 15.0 Å². The summed E-state index contributed by atoms with van der Waals surface area (Å²) in [5.74, 6) is -2.20. The molecule has 1 aliphatic heterocycles. The minimum absolute atomic E-state index is 0.0945. The molecule has 3 aromatic rings. The minimum atomic E-state index is -1.06. The smallest absolute Gasteiger partial charge is 0.253 e. The van der Waals surface area contributed by atoms with Gasteiger partial charge in [-0.15, -0.1) is 0 Å². The highest BCUT2D eigenvalue weighted by Crippen LogP contribution is 2.28. The van der Waals surface area contributed by atoms with Crippen molar-refractivity contribution in [2.75, 3.05) is 13.1 Å². The van der Waals surface area contributed by atoms with E-state index in [0.29, 0.717) is 36.8 Å². The average Bonchev–Trinajstić information content (AvgIpc) is 3.20. The van der Waals surface area contributed by atoms with E-state index in [1.54, 1.807) is 17.0 Å². The lowest BCUT2D eigenvalue weighted by molar-refractivity contribution is 0.0695. The molecule has 0 spiro atoms. The van der Waals surface area contributed by atoms with Gasteiger partial charge in [-0.1, -0.05) is 5.16 Å². The minimum Gasteiger partial charge on any atom is -0.339 e. The Labute approximate surface area is 158 Å². The van der Waals surface area contributed by atoms with E-state index >= 15 is 0 Å². The summed E-state index contributed by atoms with van der Waals surface area (Å²) < 4.78 is 45.0. The van der Waals surface area contributed by atoms with Gasteiger partial charge in [-0.2, -0.15) is 4.98 Å². The number of likely N-dealkylation sites (tertiary alicyclic amines) is 1. The lowest BCUT2D eigenvalue weighted by Gasteiger charge is -2.31. The SMILES string of the molecule is O=C(c1ccc(F)c(F)c1)N1CCCC(c2nc(-c3ccc(F)cc3)no2)C1. The summed E-state index contributed by atoms with van der Waals surface area (Å²) in [6, 6.07) is 8.86. The second-order valence-corrected chi connectivity index (χ2v) is 6.68. The second kappa shape index (κ2) is 7.46. The van der Waals surface area contributed by atoms with Crippen LogP contribution in [0, 0.1) is 17.5 Å². The molecule has 1 atom stereocenters. The highest BCUT2D eigenvalue weighted by molar-refractivity contribution is 5.94. The van der Waals surface area contributed by atoms with Crippen LogP contribution in [0.15, 0.2) is 47.0 Å². The van der Waals surface area contributed by atoms with Crippen molar-refractivity contribution in [3.8, 4) is 11.4 Å². The van der Waals surface area contributed by atoms with Gasteiger partial charge in [-0.3, -0.25) is 4.79 Å². The Morgan fingerprint density at radius 3 is 2.61 bits per heavy atom. The zero-order chi connectivity index (χ0) is 19.7. The maximum absolute atomic E-state index is 13.4. The fraction of sp³-hybridized carbons (Fsp3) is 0.250. The number of rotatable bonds is 3. The van der Waals surface area contributed by atoms with Gasteiger partial charge in [0.1, 0.15) is 5.82 Å². The van der Waals surface area contributed by atoms with Crippen molar-refractivity contribution < 1.29 is 22.5 Å². The molecule has 2 heterocycles. The first-order valence-corrected chi connectivity index (χ1v) is 8.85. The van der Waals surface area contributed by atoms with Crippen LogP contribution in [0.1, 0.15) is 35.0 Å². The molecule has 0 aliphatic carbocycles. The van der Waals surface area contributed by atoms with Crippen molar-refractivity contribution in [3.05, 3.63) is 71.4 Å². The van der Waals surface area contributed by atoms with Gasteiger partial charge in [0.15, 0.2) is 11.6 Å². The molecule has 1 aliphatic rings. The molecule has 28 heavy (non-hydrogen) atoms. The van der Waals surface area contributed by atoms with Crippen molar-refractivity contribution in [1.29, 1.82) is 0 Å². The predicted molar refractivity (Wildman–Crippen MR) is 93.9 cm³/mol.